The van der Waals surface area contributed by atoms with E-state index >= 15 is 0 Å². The van der Waals surface area contributed by atoms with E-state index < -0.39 is 5.41 Å². The van der Waals surface area contributed by atoms with Gasteiger partial charge in [-0.05, 0) is 37.2 Å². The monoisotopic (exact) mass is 206 g/mol. The summed E-state index contributed by atoms with van der Waals surface area (Å²) in [7, 11) is 1.43. The number of hydrogen-bond acceptors (Lipinski definition) is 3. The van der Waals surface area contributed by atoms with Crippen molar-refractivity contribution in [2.45, 2.75) is 19.3 Å². The minimum atomic E-state index is -0.462. The first kappa shape index (κ1) is 9.13. The molecular formula is C12H14O3. The van der Waals surface area contributed by atoms with Crippen molar-refractivity contribution in [3.05, 3.63) is 12.2 Å². The van der Waals surface area contributed by atoms with Gasteiger partial charge in [0.15, 0.2) is 5.78 Å². The van der Waals surface area contributed by atoms with Crippen LogP contribution in [-0.2, 0) is 14.3 Å². The number of rotatable bonds is 1. The highest BCUT2D eigenvalue weighted by atomic mass is 16.5. The van der Waals surface area contributed by atoms with Crippen LogP contribution >= 0.6 is 0 Å². The fraction of sp³-hybridized carbons (Fsp3) is 0.667. The third kappa shape index (κ3) is 0.912. The van der Waals surface area contributed by atoms with Crippen LogP contribution in [-0.4, -0.2) is 18.9 Å². The van der Waals surface area contributed by atoms with Crippen LogP contribution < -0.4 is 0 Å². The molecule has 0 unspecified atom stereocenters. The normalized spacial score (nSPS) is 45.9. The number of ketones is 1. The van der Waals surface area contributed by atoms with Crippen molar-refractivity contribution < 1.29 is 14.3 Å². The zero-order valence-electron chi connectivity index (χ0n) is 8.73. The summed E-state index contributed by atoms with van der Waals surface area (Å²) >= 11 is 0. The summed E-state index contributed by atoms with van der Waals surface area (Å²) in [6.45, 7) is 0. The van der Waals surface area contributed by atoms with E-state index in [2.05, 4.69) is 0 Å². The first-order valence-corrected chi connectivity index (χ1v) is 5.50. The van der Waals surface area contributed by atoms with E-state index in [1.54, 1.807) is 6.08 Å². The van der Waals surface area contributed by atoms with Gasteiger partial charge >= 0.3 is 5.97 Å². The highest BCUT2D eigenvalue weighted by Crippen LogP contribution is 2.63. The van der Waals surface area contributed by atoms with Crippen LogP contribution in [0.4, 0.5) is 0 Å². The topological polar surface area (TPSA) is 43.4 Å². The van der Waals surface area contributed by atoms with Gasteiger partial charge in [-0.2, -0.15) is 0 Å². The van der Waals surface area contributed by atoms with Gasteiger partial charge < -0.3 is 4.74 Å². The molecule has 0 aromatic rings. The van der Waals surface area contributed by atoms with E-state index in [0.29, 0.717) is 5.92 Å². The van der Waals surface area contributed by atoms with E-state index in [0.717, 1.165) is 19.3 Å². The van der Waals surface area contributed by atoms with Crippen LogP contribution in [0.2, 0.25) is 0 Å². The van der Waals surface area contributed by atoms with Crippen molar-refractivity contribution in [1.82, 2.24) is 0 Å². The van der Waals surface area contributed by atoms with Crippen LogP contribution in [0.1, 0.15) is 19.3 Å². The van der Waals surface area contributed by atoms with Crippen molar-refractivity contribution in [3.8, 4) is 0 Å². The molecule has 2 fully saturated rings. The number of carbonyl (C=O) groups excluding carboxylic acids is 2. The van der Waals surface area contributed by atoms with Gasteiger partial charge in [-0.15, -0.1) is 0 Å². The number of allylic oxidation sites excluding steroid dienone is 1. The molecule has 0 saturated heterocycles. The summed E-state index contributed by atoms with van der Waals surface area (Å²) < 4.78 is 4.90. The molecule has 0 radical (unpaired) electrons. The van der Waals surface area contributed by atoms with Crippen molar-refractivity contribution >= 4 is 11.8 Å². The molecule has 3 rings (SSSR count). The lowest BCUT2D eigenvalue weighted by Gasteiger charge is -2.47. The summed E-state index contributed by atoms with van der Waals surface area (Å²) in [4.78, 5) is 23.4. The first-order chi connectivity index (χ1) is 7.19. The van der Waals surface area contributed by atoms with Crippen LogP contribution in [0.25, 0.3) is 0 Å². The quantitative estimate of drug-likeness (QED) is 0.608. The summed E-state index contributed by atoms with van der Waals surface area (Å²) in [5.74, 6) is 0.966. The third-order valence-electron chi connectivity index (χ3n) is 4.50. The minimum absolute atomic E-state index is 0.0987. The second-order valence-corrected chi connectivity index (χ2v) is 4.93. The molecule has 0 aromatic heterocycles. The molecule has 80 valence electrons. The van der Waals surface area contributed by atoms with Gasteiger partial charge in [0, 0.05) is 5.92 Å². The molecule has 3 aliphatic rings. The Morgan fingerprint density at radius 3 is 3.13 bits per heavy atom. The van der Waals surface area contributed by atoms with Gasteiger partial charge in [-0.3, -0.25) is 9.59 Å². The second kappa shape index (κ2) is 2.71. The Balaban J connectivity index is 2.05. The largest absolute Gasteiger partial charge is 0.468 e. The Labute approximate surface area is 88.5 Å². The molecule has 0 spiro atoms. The van der Waals surface area contributed by atoms with E-state index in [1.807, 2.05) is 6.08 Å². The molecule has 0 heterocycles. The maximum atomic E-state index is 11.9. The van der Waals surface area contributed by atoms with Gasteiger partial charge in [0.25, 0.3) is 0 Å². The average molecular weight is 206 g/mol. The first-order valence-electron chi connectivity index (χ1n) is 5.50. The average Bonchev–Trinajstić information content (AvgIpc) is 2.52. The molecular weight excluding hydrogens is 192 g/mol. The van der Waals surface area contributed by atoms with Crippen molar-refractivity contribution in [2.75, 3.05) is 7.11 Å². The van der Waals surface area contributed by atoms with Crippen molar-refractivity contribution in [3.63, 3.8) is 0 Å². The zero-order valence-corrected chi connectivity index (χ0v) is 8.73. The lowest BCUT2D eigenvalue weighted by Crippen LogP contribution is -2.51. The molecule has 0 N–H and O–H groups in total. The smallest absolute Gasteiger partial charge is 0.315 e. The van der Waals surface area contributed by atoms with Crippen molar-refractivity contribution in [2.24, 2.45) is 23.2 Å². The van der Waals surface area contributed by atoms with Gasteiger partial charge in [0.1, 0.15) is 0 Å². The Hall–Kier alpha value is -1.12. The van der Waals surface area contributed by atoms with Gasteiger partial charge in [0.2, 0.25) is 0 Å². The Morgan fingerprint density at radius 2 is 2.40 bits per heavy atom. The predicted molar refractivity (Wildman–Crippen MR) is 52.9 cm³/mol. The summed E-state index contributed by atoms with van der Waals surface area (Å²) in [6.07, 6.45) is 6.30. The van der Waals surface area contributed by atoms with Crippen LogP contribution in [0, 0.1) is 23.2 Å². The summed E-state index contributed by atoms with van der Waals surface area (Å²) in [5.41, 5.74) is -0.462. The molecule has 3 aliphatic carbocycles. The van der Waals surface area contributed by atoms with E-state index in [4.69, 9.17) is 4.74 Å². The van der Waals surface area contributed by atoms with E-state index in [9.17, 15) is 9.59 Å². The maximum absolute atomic E-state index is 11.9. The standard InChI is InChI=1S/C12H14O3/c1-15-11(14)12-4-2-7-6-8(10(7)12)9(13)3-5-12/h3,5,7-8,10H,2,4,6H2,1H3/t7-,8-,10-,12-/m0/s1. The SMILES string of the molecule is COC(=O)[C@]12C=CC(=O)[C@@H]3C[C@H](CC1)[C@@H]32. The number of methoxy groups -OCH3 is 1. The molecule has 3 heteroatoms. The predicted octanol–water partition coefficient (Wildman–Crippen LogP) is 1.33. The van der Waals surface area contributed by atoms with Crippen LogP contribution in [0.3, 0.4) is 0 Å². The number of carbonyl (C=O) groups is 2. The molecule has 0 bridgehead atoms. The lowest BCUT2D eigenvalue weighted by atomic mass is 9.54. The fourth-order valence-electron chi connectivity index (χ4n) is 3.76. The summed E-state index contributed by atoms with van der Waals surface area (Å²) in [6, 6.07) is 0. The van der Waals surface area contributed by atoms with E-state index in [1.165, 1.54) is 7.11 Å². The van der Waals surface area contributed by atoms with E-state index in [-0.39, 0.29) is 23.6 Å². The molecule has 0 aromatic carbocycles. The Kier molecular flexibility index (Phi) is 1.65. The highest BCUT2D eigenvalue weighted by Gasteiger charge is 2.63. The van der Waals surface area contributed by atoms with Crippen molar-refractivity contribution in [1.29, 1.82) is 0 Å². The fourth-order valence-corrected chi connectivity index (χ4v) is 3.76. The van der Waals surface area contributed by atoms with Crippen LogP contribution in [0.15, 0.2) is 12.2 Å². The number of esters is 1. The van der Waals surface area contributed by atoms with Crippen LogP contribution in [0.5, 0.6) is 0 Å². The Bertz CT molecular complexity index is 371. The minimum Gasteiger partial charge on any atom is -0.468 e. The van der Waals surface area contributed by atoms with Gasteiger partial charge in [0.05, 0.1) is 12.5 Å². The maximum Gasteiger partial charge on any atom is 0.315 e. The van der Waals surface area contributed by atoms with Gasteiger partial charge in [-0.25, -0.2) is 0 Å². The molecule has 15 heavy (non-hydrogen) atoms. The number of ether oxygens (including phenoxy) is 1. The molecule has 4 atom stereocenters. The zero-order chi connectivity index (χ0) is 10.6. The second-order valence-electron chi connectivity index (χ2n) is 4.93. The van der Waals surface area contributed by atoms with Gasteiger partial charge in [-0.1, -0.05) is 6.08 Å². The Morgan fingerprint density at radius 1 is 1.60 bits per heavy atom. The summed E-state index contributed by atoms with van der Waals surface area (Å²) in [5, 5.41) is 0. The number of hydrogen-bond donors (Lipinski definition) is 0. The molecule has 0 amide bonds. The molecule has 0 aliphatic heterocycles. The lowest BCUT2D eigenvalue weighted by molar-refractivity contribution is -0.158. The highest BCUT2D eigenvalue weighted by molar-refractivity contribution is 5.97. The molecule has 2 saturated carbocycles. The third-order valence-corrected chi connectivity index (χ3v) is 4.50. The molecule has 3 nitrogen and oxygen atoms in total.